The normalized spacial score (nSPS) is 16.4. The van der Waals surface area contributed by atoms with Crippen LogP contribution in [-0.2, 0) is 22.6 Å². The van der Waals surface area contributed by atoms with Gasteiger partial charge in [0, 0.05) is 12.2 Å². The summed E-state index contributed by atoms with van der Waals surface area (Å²) >= 11 is 0. The van der Waals surface area contributed by atoms with Gasteiger partial charge in [0.1, 0.15) is 12.4 Å². The van der Waals surface area contributed by atoms with E-state index in [1.807, 2.05) is 48.5 Å². The maximum atomic E-state index is 12.3. The van der Waals surface area contributed by atoms with E-state index < -0.39 is 0 Å². The lowest BCUT2D eigenvalue weighted by molar-refractivity contribution is -0.121. The first-order chi connectivity index (χ1) is 12.2. The maximum absolute atomic E-state index is 12.3. The second kappa shape index (κ2) is 8.49. The zero-order chi connectivity index (χ0) is 17.5. The van der Waals surface area contributed by atoms with Crippen molar-refractivity contribution < 1.29 is 14.3 Å². The van der Waals surface area contributed by atoms with Gasteiger partial charge in [0.15, 0.2) is 0 Å². The lowest BCUT2D eigenvalue weighted by atomic mass is 10.1. The lowest BCUT2D eigenvalue weighted by Gasteiger charge is -2.14. The molecule has 4 nitrogen and oxygen atoms in total. The van der Waals surface area contributed by atoms with Crippen LogP contribution in [0.4, 0.5) is 0 Å². The van der Waals surface area contributed by atoms with E-state index in [4.69, 9.17) is 9.47 Å². The first-order valence-corrected chi connectivity index (χ1v) is 8.54. The van der Waals surface area contributed by atoms with Crippen LogP contribution in [0.1, 0.15) is 23.1 Å². The Labute approximate surface area is 148 Å². The Balaban J connectivity index is 1.69. The summed E-state index contributed by atoms with van der Waals surface area (Å²) in [6.45, 7) is 5.58. The van der Waals surface area contributed by atoms with Crippen LogP contribution in [-0.4, -0.2) is 25.2 Å². The molecule has 1 aliphatic heterocycles. The van der Waals surface area contributed by atoms with Crippen LogP contribution in [0.5, 0.6) is 5.75 Å². The highest BCUT2D eigenvalue weighted by atomic mass is 16.5. The Hall–Kier alpha value is -2.59. The van der Waals surface area contributed by atoms with E-state index in [2.05, 4.69) is 11.9 Å². The van der Waals surface area contributed by atoms with Gasteiger partial charge in [-0.15, -0.1) is 0 Å². The second-order valence-electron chi connectivity index (χ2n) is 6.15. The highest BCUT2D eigenvalue weighted by Gasteiger charge is 2.19. The largest absolute Gasteiger partial charge is 0.489 e. The smallest absolute Gasteiger partial charge is 0.224 e. The van der Waals surface area contributed by atoms with Crippen molar-refractivity contribution in [1.82, 2.24) is 5.32 Å². The summed E-state index contributed by atoms with van der Waals surface area (Å²) in [6, 6.07) is 15.9. The lowest BCUT2D eigenvalue weighted by Crippen LogP contribution is -2.36. The topological polar surface area (TPSA) is 47.6 Å². The van der Waals surface area contributed by atoms with Gasteiger partial charge in [-0.1, -0.05) is 49.1 Å². The first kappa shape index (κ1) is 17.2. The molecule has 2 aromatic rings. The van der Waals surface area contributed by atoms with Crippen molar-refractivity contribution in [2.45, 2.75) is 25.5 Å². The Morgan fingerprint density at radius 2 is 2.12 bits per heavy atom. The summed E-state index contributed by atoms with van der Waals surface area (Å²) in [5, 5.41) is 3.02. The molecule has 1 aliphatic rings. The number of ether oxygens (including phenoxy) is 2. The highest BCUT2D eigenvalue weighted by molar-refractivity contribution is 5.80. The number of hydrogen-bond donors (Lipinski definition) is 1. The van der Waals surface area contributed by atoms with Gasteiger partial charge in [-0.05, 0) is 29.7 Å². The first-order valence-electron chi connectivity index (χ1n) is 8.54. The van der Waals surface area contributed by atoms with Crippen molar-refractivity contribution >= 4 is 12.0 Å². The number of carbonyl (C=O) groups excluding carboxylic acids is 1. The Bertz CT molecular complexity index is 721. The zero-order valence-corrected chi connectivity index (χ0v) is 14.2. The van der Waals surface area contributed by atoms with E-state index in [0.717, 1.165) is 28.9 Å². The molecule has 0 bridgehead atoms. The molecular weight excluding hydrogens is 314 g/mol. The molecule has 0 saturated carbocycles. The Kier molecular flexibility index (Phi) is 5.86. The molecule has 0 aromatic heterocycles. The van der Waals surface area contributed by atoms with Gasteiger partial charge in [-0.2, -0.15) is 0 Å². The van der Waals surface area contributed by atoms with E-state index in [9.17, 15) is 4.79 Å². The summed E-state index contributed by atoms with van der Waals surface area (Å²) in [6.07, 6.45) is 2.92. The molecule has 2 aromatic carbocycles. The fourth-order valence-corrected chi connectivity index (χ4v) is 2.84. The molecule has 0 spiro atoms. The molecule has 1 atom stereocenters. The van der Waals surface area contributed by atoms with Crippen LogP contribution in [0, 0.1) is 0 Å². The summed E-state index contributed by atoms with van der Waals surface area (Å²) in [5.41, 5.74) is 2.93. The molecule has 130 valence electrons. The third-order valence-electron chi connectivity index (χ3n) is 4.20. The van der Waals surface area contributed by atoms with Gasteiger partial charge in [0.2, 0.25) is 5.91 Å². The molecule has 1 heterocycles. The van der Waals surface area contributed by atoms with E-state index in [1.54, 1.807) is 6.08 Å². The van der Waals surface area contributed by atoms with Crippen molar-refractivity contribution in [3.05, 3.63) is 71.8 Å². The monoisotopic (exact) mass is 337 g/mol. The molecule has 1 saturated heterocycles. The molecule has 0 aliphatic carbocycles. The summed E-state index contributed by atoms with van der Waals surface area (Å²) in [4.78, 5) is 12.3. The van der Waals surface area contributed by atoms with Crippen LogP contribution in [0.3, 0.4) is 0 Å². The molecule has 3 rings (SSSR count). The van der Waals surface area contributed by atoms with Crippen molar-refractivity contribution in [3.63, 3.8) is 0 Å². The van der Waals surface area contributed by atoms with E-state index >= 15 is 0 Å². The van der Waals surface area contributed by atoms with Crippen LogP contribution in [0.2, 0.25) is 0 Å². The highest BCUT2D eigenvalue weighted by Crippen LogP contribution is 2.23. The third kappa shape index (κ3) is 4.94. The number of nitrogens with one attached hydrogen (secondary N) is 1. The molecule has 1 fully saturated rings. The molecule has 1 amide bonds. The fraction of sp³-hybridized carbons (Fsp3) is 0.286. The SMILES string of the molecule is C=Cc1ccc(OCc2ccccc2)c(CC(=O)NC2CCOC2)c1. The molecule has 4 heteroatoms. The number of amides is 1. The van der Waals surface area contributed by atoms with Crippen LogP contribution in [0.15, 0.2) is 55.1 Å². The van der Waals surface area contributed by atoms with Crippen molar-refractivity contribution in [2.24, 2.45) is 0 Å². The molecule has 1 unspecified atom stereocenters. The van der Waals surface area contributed by atoms with Crippen LogP contribution >= 0.6 is 0 Å². The van der Waals surface area contributed by atoms with Gasteiger partial charge in [-0.3, -0.25) is 4.79 Å². The average molecular weight is 337 g/mol. The maximum Gasteiger partial charge on any atom is 0.224 e. The summed E-state index contributed by atoms with van der Waals surface area (Å²) in [7, 11) is 0. The van der Waals surface area contributed by atoms with Crippen molar-refractivity contribution in [3.8, 4) is 5.75 Å². The average Bonchev–Trinajstić information content (AvgIpc) is 3.14. The minimum Gasteiger partial charge on any atom is -0.489 e. The number of benzene rings is 2. The molecular formula is C21H23NO3. The standard InChI is InChI=1S/C21H23NO3/c1-2-16-8-9-20(25-14-17-6-4-3-5-7-17)18(12-16)13-21(23)22-19-10-11-24-15-19/h2-9,12,19H,1,10-11,13-15H2,(H,22,23). The quantitative estimate of drug-likeness (QED) is 0.843. The summed E-state index contributed by atoms with van der Waals surface area (Å²) in [5.74, 6) is 0.716. The molecule has 1 N–H and O–H groups in total. The predicted molar refractivity (Wildman–Crippen MR) is 98.4 cm³/mol. The predicted octanol–water partition coefficient (Wildman–Crippen LogP) is 3.36. The molecule has 0 radical (unpaired) electrons. The third-order valence-corrected chi connectivity index (χ3v) is 4.20. The zero-order valence-electron chi connectivity index (χ0n) is 14.2. The molecule has 25 heavy (non-hydrogen) atoms. The number of hydrogen-bond acceptors (Lipinski definition) is 3. The summed E-state index contributed by atoms with van der Waals surface area (Å²) < 4.78 is 11.3. The van der Waals surface area contributed by atoms with Gasteiger partial charge >= 0.3 is 0 Å². The number of carbonyl (C=O) groups is 1. The van der Waals surface area contributed by atoms with Gasteiger partial charge in [-0.25, -0.2) is 0 Å². The van der Waals surface area contributed by atoms with Gasteiger partial charge in [0.05, 0.1) is 19.1 Å². The fourth-order valence-electron chi connectivity index (χ4n) is 2.84. The second-order valence-corrected chi connectivity index (χ2v) is 6.15. The Morgan fingerprint density at radius 3 is 2.84 bits per heavy atom. The van der Waals surface area contributed by atoms with E-state index in [1.165, 1.54) is 0 Å². The van der Waals surface area contributed by atoms with E-state index in [0.29, 0.717) is 19.8 Å². The van der Waals surface area contributed by atoms with Crippen LogP contribution in [0.25, 0.3) is 6.08 Å². The number of rotatable bonds is 7. The van der Waals surface area contributed by atoms with Crippen molar-refractivity contribution in [1.29, 1.82) is 0 Å². The van der Waals surface area contributed by atoms with E-state index in [-0.39, 0.29) is 18.4 Å². The van der Waals surface area contributed by atoms with Gasteiger partial charge < -0.3 is 14.8 Å². The minimum atomic E-state index is -0.0127. The van der Waals surface area contributed by atoms with Gasteiger partial charge in [0.25, 0.3) is 0 Å². The van der Waals surface area contributed by atoms with Crippen LogP contribution < -0.4 is 10.1 Å². The Morgan fingerprint density at radius 1 is 1.28 bits per heavy atom. The minimum absolute atomic E-state index is 0.0127. The van der Waals surface area contributed by atoms with Crippen molar-refractivity contribution in [2.75, 3.05) is 13.2 Å².